The number of benzene rings is 1. The molecule has 0 amide bonds. The zero-order valence-corrected chi connectivity index (χ0v) is 11.2. The molecule has 0 bridgehead atoms. The van der Waals surface area contributed by atoms with Crippen molar-refractivity contribution in [1.29, 1.82) is 0 Å². The molecule has 0 spiro atoms. The van der Waals surface area contributed by atoms with Gasteiger partial charge in [0.25, 0.3) is 0 Å². The minimum Gasteiger partial charge on any atom is -0.494 e. The van der Waals surface area contributed by atoms with Gasteiger partial charge in [-0.1, -0.05) is 13.0 Å². The quantitative estimate of drug-likeness (QED) is 0.799. The Bertz CT molecular complexity index is 344. The monoisotopic (exact) mass is 237 g/mol. The van der Waals surface area contributed by atoms with E-state index in [4.69, 9.17) is 4.74 Å². The molecule has 0 saturated heterocycles. The van der Waals surface area contributed by atoms with Crippen molar-refractivity contribution in [2.24, 2.45) is 0 Å². The summed E-state index contributed by atoms with van der Waals surface area (Å²) in [6, 6.07) is 7.79. The Balaban J connectivity index is 2.65. The van der Waals surface area contributed by atoms with Gasteiger partial charge in [-0.3, -0.25) is 0 Å². The van der Waals surface area contributed by atoms with Gasteiger partial charge in [-0.25, -0.2) is 0 Å². The van der Waals surface area contributed by atoms with Crippen molar-refractivity contribution in [1.82, 2.24) is 0 Å². The van der Waals surface area contributed by atoms with E-state index < -0.39 is 5.60 Å². The fraction of sp³-hybridized carbons (Fsp3) is 0.571. The standard InChI is InChI=1S/C14H23NO2/c1-5-9-17-13-8-6-7-12(10-13)15-11(2)14(3,4)16/h6-8,10-11,15-16H,5,9H2,1-4H3. The van der Waals surface area contributed by atoms with Crippen LogP contribution in [-0.4, -0.2) is 23.4 Å². The Kier molecular flexibility index (Phi) is 4.82. The first-order chi connectivity index (χ1) is 7.93. The molecule has 0 aliphatic carbocycles. The summed E-state index contributed by atoms with van der Waals surface area (Å²) in [7, 11) is 0. The van der Waals surface area contributed by atoms with Gasteiger partial charge in [-0.2, -0.15) is 0 Å². The lowest BCUT2D eigenvalue weighted by molar-refractivity contribution is 0.0649. The molecular formula is C14H23NO2. The van der Waals surface area contributed by atoms with Crippen molar-refractivity contribution in [2.75, 3.05) is 11.9 Å². The molecule has 0 aromatic heterocycles. The van der Waals surface area contributed by atoms with Crippen LogP contribution in [0.3, 0.4) is 0 Å². The molecule has 1 rings (SSSR count). The number of anilines is 1. The number of rotatable bonds is 6. The third-order valence-corrected chi connectivity index (χ3v) is 2.75. The van der Waals surface area contributed by atoms with Gasteiger partial charge in [0.2, 0.25) is 0 Å². The maximum absolute atomic E-state index is 9.86. The number of ether oxygens (including phenoxy) is 1. The van der Waals surface area contributed by atoms with Crippen molar-refractivity contribution in [2.45, 2.75) is 45.8 Å². The summed E-state index contributed by atoms with van der Waals surface area (Å²) in [5.41, 5.74) is 0.216. The van der Waals surface area contributed by atoms with Crippen LogP contribution < -0.4 is 10.1 Å². The Labute approximate surface area is 104 Å². The first-order valence-electron chi connectivity index (χ1n) is 6.15. The Morgan fingerprint density at radius 3 is 2.71 bits per heavy atom. The van der Waals surface area contributed by atoms with Gasteiger partial charge >= 0.3 is 0 Å². The zero-order chi connectivity index (χ0) is 12.9. The molecule has 0 aliphatic heterocycles. The van der Waals surface area contributed by atoms with E-state index in [1.54, 1.807) is 13.8 Å². The molecule has 3 nitrogen and oxygen atoms in total. The van der Waals surface area contributed by atoms with Gasteiger partial charge in [0, 0.05) is 11.8 Å². The highest BCUT2D eigenvalue weighted by atomic mass is 16.5. The highest BCUT2D eigenvalue weighted by Gasteiger charge is 2.21. The third kappa shape index (κ3) is 4.65. The summed E-state index contributed by atoms with van der Waals surface area (Å²) in [5, 5.41) is 13.1. The Morgan fingerprint density at radius 1 is 1.41 bits per heavy atom. The second kappa shape index (κ2) is 5.92. The molecule has 0 aliphatic rings. The molecular weight excluding hydrogens is 214 g/mol. The van der Waals surface area contributed by atoms with E-state index in [0.717, 1.165) is 24.5 Å². The lowest BCUT2D eigenvalue weighted by atomic mass is 10.0. The molecule has 1 aromatic rings. The van der Waals surface area contributed by atoms with Crippen LogP contribution in [0, 0.1) is 0 Å². The van der Waals surface area contributed by atoms with E-state index in [-0.39, 0.29) is 6.04 Å². The van der Waals surface area contributed by atoms with Crippen molar-refractivity contribution in [3.63, 3.8) is 0 Å². The van der Waals surface area contributed by atoms with Crippen molar-refractivity contribution >= 4 is 5.69 Å². The molecule has 2 N–H and O–H groups in total. The van der Waals surface area contributed by atoms with E-state index in [9.17, 15) is 5.11 Å². The van der Waals surface area contributed by atoms with E-state index in [1.165, 1.54) is 0 Å². The summed E-state index contributed by atoms with van der Waals surface area (Å²) in [4.78, 5) is 0. The lowest BCUT2D eigenvalue weighted by Gasteiger charge is -2.27. The molecule has 0 radical (unpaired) electrons. The lowest BCUT2D eigenvalue weighted by Crippen LogP contribution is -2.39. The summed E-state index contributed by atoms with van der Waals surface area (Å²) in [6.45, 7) is 8.35. The van der Waals surface area contributed by atoms with Gasteiger partial charge in [-0.05, 0) is 39.3 Å². The topological polar surface area (TPSA) is 41.5 Å². The van der Waals surface area contributed by atoms with E-state index in [1.807, 2.05) is 31.2 Å². The summed E-state index contributed by atoms with van der Waals surface area (Å²) in [5.74, 6) is 0.861. The van der Waals surface area contributed by atoms with Crippen LogP contribution in [0.25, 0.3) is 0 Å². The second-order valence-electron chi connectivity index (χ2n) is 4.90. The predicted molar refractivity (Wildman–Crippen MR) is 71.6 cm³/mol. The maximum atomic E-state index is 9.86. The smallest absolute Gasteiger partial charge is 0.121 e. The highest BCUT2D eigenvalue weighted by Crippen LogP contribution is 2.20. The molecule has 1 atom stereocenters. The van der Waals surface area contributed by atoms with Gasteiger partial charge in [0.15, 0.2) is 0 Å². The van der Waals surface area contributed by atoms with Gasteiger partial charge < -0.3 is 15.2 Å². The van der Waals surface area contributed by atoms with Crippen LogP contribution in [0.5, 0.6) is 5.75 Å². The van der Waals surface area contributed by atoms with Crippen LogP contribution in [0.1, 0.15) is 34.1 Å². The van der Waals surface area contributed by atoms with Gasteiger partial charge in [-0.15, -0.1) is 0 Å². The van der Waals surface area contributed by atoms with E-state index in [0.29, 0.717) is 0 Å². The van der Waals surface area contributed by atoms with Crippen LogP contribution >= 0.6 is 0 Å². The average molecular weight is 237 g/mol. The molecule has 3 heteroatoms. The highest BCUT2D eigenvalue weighted by molar-refractivity contribution is 5.49. The number of hydrogen-bond donors (Lipinski definition) is 2. The number of hydrogen-bond acceptors (Lipinski definition) is 3. The van der Waals surface area contributed by atoms with Crippen LogP contribution in [-0.2, 0) is 0 Å². The fourth-order valence-corrected chi connectivity index (χ4v) is 1.32. The Hall–Kier alpha value is -1.22. The van der Waals surface area contributed by atoms with Gasteiger partial charge in [0.05, 0.1) is 18.2 Å². The SMILES string of the molecule is CCCOc1cccc(NC(C)C(C)(C)O)c1. The van der Waals surface area contributed by atoms with Crippen LogP contribution in [0.2, 0.25) is 0 Å². The van der Waals surface area contributed by atoms with Crippen LogP contribution in [0.4, 0.5) is 5.69 Å². The van der Waals surface area contributed by atoms with Crippen molar-refractivity contribution < 1.29 is 9.84 Å². The van der Waals surface area contributed by atoms with Crippen molar-refractivity contribution in [3.8, 4) is 5.75 Å². The fourth-order valence-electron chi connectivity index (χ4n) is 1.32. The molecule has 17 heavy (non-hydrogen) atoms. The first kappa shape index (κ1) is 13.8. The first-order valence-corrected chi connectivity index (χ1v) is 6.15. The van der Waals surface area contributed by atoms with E-state index in [2.05, 4.69) is 12.2 Å². The molecule has 0 heterocycles. The molecule has 1 aromatic carbocycles. The summed E-state index contributed by atoms with van der Waals surface area (Å²) >= 11 is 0. The molecule has 0 fully saturated rings. The largest absolute Gasteiger partial charge is 0.494 e. The van der Waals surface area contributed by atoms with Crippen LogP contribution in [0.15, 0.2) is 24.3 Å². The Morgan fingerprint density at radius 2 is 2.12 bits per heavy atom. The minimum absolute atomic E-state index is 0.0241. The third-order valence-electron chi connectivity index (χ3n) is 2.75. The summed E-state index contributed by atoms with van der Waals surface area (Å²) in [6.07, 6.45) is 0.998. The van der Waals surface area contributed by atoms with E-state index >= 15 is 0 Å². The second-order valence-corrected chi connectivity index (χ2v) is 4.90. The zero-order valence-electron chi connectivity index (χ0n) is 11.2. The normalized spacial score (nSPS) is 13.2. The number of nitrogens with one attached hydrogen (secondary N) is 1. The maximum Gasteiger partial charge on any atom is 0.121 e. The molecule has 1 unspecified atom stereocenters. The van der Waals surface area contributed by atoms with Gasteiger partial charge in [0.1, 0.15) is 5.75 Å². The predicted octanol–water partition coefficient (Wildman–Crippen LogP) is 3.05. The average Bonchev–Trinajstić information content (AvgIpc) is 2.25. The molecule has 0 saturated carbocycles. The molecule has 96 valence electrons. The van der Waals surface area contributed by atoms with Crippen molar-refractivity contribution in [3.05, 3.63) is 24.3 Å². The summed E-state index contributed by atoms with van der Waals surface area (Å²) < 4.78 is 5.56. The number of aliphatic hydroxyl groups is 1. The minimum atomic E-state index is -0.750.